The molecule has 1 aliphatic rings. The standard InChI is InChI=1S/C30H28F2N4O6S/c1-15-6-7-17(8-24(15)42-14-28(38)34-30-33-22-11-19(31)20(32)12-27(22)43-30)23-13-21(35-36(23)16(2)37)18-9-25(39-3)29(41-5)26(10-18)40-4/h6-12,23H,13-14H2,1-5H3,(H,33,34,38). The molecule has 5 rings (SSSR count). The van der Waals surface area contributed by atoms with Crippen LogP contribution in [-0.2, 0) is 9.59 Å². The number of aryl methyl sites for hydroxylation is 1. The summed E-state index contributed by atoms with van der Waals surface area (Å²) in [5.41, 5.74) is 3.14. The summed E-state index contributed by atoms with van der Waals surface area (Å²) in [6.07, 6.45) is 0.403. The van der Waals surface area contributed by atoms with Gasteiger partial charge in [0.05, 0.1) is 43.3 Å². The number of rotatable bonds is 9. The molecule has 1 aromatic heterocycles. The van der Waals surface area contributed by atoms with Gasteiger partial charge in [0.1, 0.15) is 5.75 Å². The second-order valence-electron chi connectivity index (χ2n) is 9.66. The molecule has 43 heavy (non-hydrogen) atoms. The summed E-state index contributed by atoms with van der Waals surface area (Å²) >= 11 is 1.02. The molecule has 0 saturated heterocycles. The van der Waals surface area contributed by atoms with E-state index in [1.54, 1.807) is 18.2 Å². The zero-order valence-corrected chi connectivity index (χ0v) is 24.8. The van der Waals surface area contributed by atoms with E-state index >= 15 is 0 Å². The number of carbonyl (C=O) groups excluding carboxylic acids is 2. The van der Waals surface area contributed by atoms with Crippen molar-refractivity contribution in [3.05, 3.63) is 70.8 Å². The normalized spacial score (nSPS) is 14.4. The second-order valence-corrected chi connectivity index (χ2v) is 10.7. The molecule has 0 bridgehead atoms. The third kappa shape index (κ3) is 6.07. The molecule has 4 aromatic rings. The van der Waals surface area contributed by atoms with Crippen molar-refractivity contribution < 1.29 is 37.3 Å². The molecule has 224 valence electrons. The van der Waals surface area contributed by atoms with Crippen LogP contribution >= 0.6 is 11.3 Å². The number of amides is 2. The van der Waals surface area contributed by atoms with Crippen LogP contribution in [0.25, 0.3) is 10.2 Å². The van der Waals surface area contributed by atoms with Gasteiger partial charge in [-0.3, -0.25) is 14.9 Å². The number of benzene rings is 3. The van der Waals surface area contributed by atoms with Gasteiger partial charge >= 0.3 is 0 Å². The summed E-state index contributed by atoms with van der Waals surface area (Å²) in [4.78, 5) is 29.4. The molecular formula is C30H28F2N4O6S. The van der Waals surface area contributed by atoms with Crippen molar-refractivity contribution in [2.24, 2.45) is 5.10 Å². The molecule has 0 saturated carbocycles. The minimum atomic E-state index is -1.01. The Labute approximate surface area is 249 Å². The SMILES string of the molecule is COc1cc(C2=NN(C(C)=O)C(c3ccc(C)c(OCC(=O)Nc4nc5cc(F)c(F)cc5s4)c3)C2)cc(OC)c1OC. The summed E-state index contributed by atoms with van der Waals surface area (Å²) < 4.78 is 49.7. The Morgan fingerprint density at radius 2 is 1.70 bits per heavy atom. The first kappa shape index (κ1) is 29.7. The highest BCUT2D eigenvalue weighted by molar-refractivity contribution is 7.22. The molecule has 1 N–H and O–H groups in total. The van der Waals surface area contributed by atoms with Crippen molar-refractivity contribution in [3.63, 3.8) is 0 Å². The predicted octanol–water partition coefficient (Wildman–Crippen LogP) is 5.62. The smallest absolute Gasteiger partial charge is 0.264 e. The van der Waals surface area contributed by atoms with Gasteiger partial charge in [-0.25, -0.2) is 18.8 Å². The van der Waals surface area contributed by atoms with Gasteiger partial charge in [-0.15, -0.1) is 0 Å². The van der Waals surface area contributed by atoms with Crippen molar-refractivity contribution in [2.75, 3.05) is 33.3 Å². The number of nitrogens with zero attached hydrogens (tertiary/aromatic N) is 3. The van der Waals surface area contributed by atoms with Crippen LogP contribution in [0, 0.1) is 18.6 Å². The number of anilines is 1. The summed E-state index contributed by atoms with van der Waals surface area (Å²) in [5, 5.41) is 8.82. The van der Waals surface area contributed by atoms with Gasteiger partial charge in [-0.2, -0.15) is 5.10 Å². The van der Waals surface area contributed by atoms with Crippen molar-refractivity contribution in [3.8, 4) is 23.0 Å². The van der Waals surface area contributed by atoms with Crippen molar-refractivity contribution in [1.29, 1.82) is 0 Å². The molecule has 2 heterocycles. The average Bonchev–Trinajstić information content (AvgIpc) is 3.60. The third-order valence-corrected chi connectivity index (χ3v) is 7.80. The van der Waals surface area contributed by atoms with Crippen LogP contribution in [0.3, 0.4) is 0 Å². The molecule has 1 unspecified atom stereocenters. The zero-order valence-electron chi connectivity index (χ0n) is 24.0. The Bertz CT molecular complexity index is 1690. The number of hydrogen-bond donors (Lipinski definition) is 1. The number of methoxy groups -OCH3 is 3. The fourth-order valence-electron chi connectivity index (χ4n) is 4.74. The van der Waals surface area contributed by atoms with Crippen LogP contribution in [0.15, 0.2) is 47.6 Å². The topological polar surface area (TPSA) is 112 Å². The van der Waals surface area contributed by atoms with E-state index < -0.39 is 23.6 Å². The van der Waals surface area contributed by atoms with Crippen LogP contribution in [0.4, 0.5) is 13.9 Å². The van der Waals surface area contributed by atoms with Gasteiger partial charge in [0.15, 0.2) is 34.9 Å². The van der Waals surface area contributed by atoms with Gasteiger partial charge in [0, 0.05) is 25.0 Å². The summed E-state index contributed by atoms with van der Waals surface area (Å²) in [5.74, 6) is -0.915. The van der Waals surface area contributed by atoms with Crippen molar-refractivity contribution >= 4 is 44.2 Å². The number of carbonyl (C=O) groups is 2. The summed E-state index contributed by atoms with van der Waals surface area (Å²) in [6, 6.07) is 10.7. The number of fused-ring (bicyclic) bond motifs is 1. The molecule has 0 fully saturated rings. The van der Waals surface area contributed by atoms with E-state index in [1.165, 1.54) is 33.3 Å². The molecule has 2 amide bonds. The predicted molar refractivity (Wildman–Crippen MR) is 157 cm³/mol. The number of thiazole rings is 1. The highest BCUT2D eigenvalue weighted by Crippen LogP contribution is 2.41. The second kappa shape index (κ2) is 12.2. The van der Waals surface area contributed by atoms with E-state index in [0.29, 0.717) is 45.4 Å². The molecule has 0 aliphatic carbocycles. The lowest BCUT2D eigenvalue weighted by molar-refractivity contribution is -0.130. The van der Waals surface area contributed by atoms with E-state index in [1.807, 2.05) is 19.1 Å². The van der Waals surface area contributed by atoms with E-state index in [9.17, 15) is 18.4 Å². The minimum Gasteiger partial charge on any atom is -0.493 e. The number of aromatic nitrogens is 1. The number of ether oxygens (including phenoxy) is 4. The van der Waals surface area contributed by atoms with Crippen LogP contribution in [0.2, 0.25) is 0 Å². The highest BCUT2D eigenvalue weighted by Gasteiger charge is 2.33. The molecule has 10 nitrogen and oxygen atoms in total. The van der Waals surface area contributed by atoms with E-state index in [4.69, 9.17) is 18.9 Å². The zero-order chi connectivity index (χ0) is 30.8. The van der Waals surface area contributed by atoms with Gasteiger partial charge in [0.25, 0.3) is 5.91 Å². The highest BCUT2D eigenvalue weighted by atomic mass is 32.1. The van der Waals surface area contributed by atoms with E-state index in [0.717, 1.165) is 34.6 Å². The van der Waals surface area contributed by atoms with E-state index in [-0.39, 0.29) is 23.2 Å². The maximum atomic E-state index is 13.5. The molecule has 0 spiro atoms. The lowest BCUT2D eigenvalue weighted by atomic mass is 9.97. The van der Waals surface area contributed by atoms with Crippen molar-refractivity contribution in [2.45, 2.75) is 26.3 Å². The Hall–Kier alpha value is -4.78. The monoisotopic (exact) mass is 610 g/mol. The molecule has 0 radical (unpaired) electrons. The molecule has 1 aliphatic heterocycles. The number of halogens is 2. The van der Waals surface area contributed by atoms with Crippen LogP contribution in [-0.4, -0.2) is 55.5 Å². The van der Waals surface area contributed by atoms with E-state index in [2.05, 4.69) is 15.4 Å². The first-order valence-corrected chi connectivity index (χ1v) is 13.9. The maximum absolute atomic E-state index is 13.5. The number of hydrogen-bond acceptors (Lipinski definition) is 9. The molecule has 3 aromatic carbocycles. The van der Waals surface area contributed by atoms with Gasteiger partial charge in [-0.05, 0) is 42.3 Å². The fraction of sp³-hybridized carbons (Fsp3) is 0.267. The summed E-state index contributed by atoms with van der Waals surface area (Å²) in [6.45, 7) is 2.94. The Morgan fingerprint density at radius 3 is 2.35 bits per heavy atom. The average molecular weight is 611 g/mol. The van der Waals surface area contributed by atoms with Crippen LogP contribution in [0.1, 0.15) is 36.1 Å². The first-order valence-electron chi connectivity index (χ1n) is 13.1. The van der Waals surface area contributed by atoms with Crippen LogP contribution in [0.5, 0.6) is 23.0 Å². The maximum Gasteiger partial charge on any atom is 0.264 e. The van der Waals surface area contributed by atoms with Gasteiger partial charge < -0.3 is 18.9 Å². The Morgan fingerprint density at radius 1 is 1.00 bits per heavy atom. The third-order valence-electron chi connectivity index (χ3n) is 6.86. The quantitative estimate of drug-likeness (QED) is 0.262. The lowest BCUT2D eigenvalue weighted by Gasteiger charge is -2.21. The lowest BCUT2D eigenvalue weighted by Crippen LogP contribution is -2.24. The number of hydrazone groups is 1. The minimum absolute atomic E-state index is 0.193. The van der Waals surface area contributed by atoms with Crippen molar-refractivity contribution in [1.82, 2.24) is 9.99 Å². The number of nitrogens with one attached hydrogen (secondary N) is 1. The molecule has 1 atom stereocenters. The van der Waals surface area contributed by atoms with Crippen LogP contribution < -0.4 is 24.3 Å². The van der Waals surface area contributed by atoms with Gasteiger partial charge in [-0.1, -0.05) is 23.5 Å². The fourth-order valence-corrected chi connectivity index (χ4v) is 5.63. The first-order chi connectivity index (χ1) is 20.6. The Balaban J connectivity index is 1.32. The summed E-state index contributed by atoms with van der Waals surface area (Å²) in [7, 11) is 4.57. The molecule has 13 heteroatoms. The Kier molecular flexibility index (Phi) is 8.44. The largest absolute Gasteiger partial charge is 0.493 e. The van der Waals surface area contributed by atoms with Gasteiger partial charge in [0.2, 0.25) is 11.7 Å². The molecular weight excluding hydrogens is 582 g/mol.